The van der Waals surface area contributed by atoms with Crippen molar-refractivity contribution in [1.82, 2.24) is 9.80 Å². The number of hydrogen-bond donors (Lipinski definition) is 0. The standard InChI is InChI=1S/C24H29N3O2/c1-19-9-3-6-12-22(19)26-17-15-25(16-18-26)13-7-2-8-14-27-23(28)20-10-4-5-11-21(20)24(27)29/h3-6,9-12H,2,7-8,13-18H2,1H3. The Balaban J connectivity index is 1.16. The lowest BCUT2D eigenvalue weighted by Gasteiger charge is -2.36. The van der Waals surface area contributed by atoms with Crippen LogP contribution >= 0.6 is 0 Å². The highest BCUT2D eigenvalue weighted by molar-refractivity contribution is 6.21. The summed E-state index contributed by atoms with van der Waals surface area (Å²) in [4.78, 5) is 31.2. The molecule has 2 amide bonds. The van der Waals surface area contributed by atoms with Gasteiger partial charge in [0.2, 0.25) is 0 Å². The molecule has 2 aromatic rings. The zero-order chi connectivity index (χ0) is 20.2. The third-order valence-electron chi connectivity index (χ3n) is 6.06. The van der Waals surface area contributed by atoms with Gasteiger partial charge >= 0.3 is 0 Å². The quantitative estimate of drug-likeness (QED) is 0.535. The van der Waals surface area contributed by atoms with Gasteiger partial charge in [0.25, 0.3) is 11.8 Å². The fraction of sp³-hybridized carbons (Fsp3) is 0.417. The minimum Gasteiger partial charge on any atom is -0.369 e. The Hall–Kier alpha value is -2.66. The fourth-order valence-electron chi connectivity index (χ4n) is 4.35. The van der Waals surface area contributed by atoms with E-state index in [1.54, 1.807) is 12.1 Å². The number of unbranched alkanes of at least 4 members (excludes halogenated alkanes) is 2. The predicted octanol–water partition coefficient (Wildman–Crippen LogP) is 3.58. The van der Waals surface area contributed by atoms with Gasteiger partial charge in [0, 0.05) is 38.4 Å². The molecule has 152 valence electrons. The maximum absolute atomic E-state index is 12.4. The molecular weight excluding hydrogens is 362 g/mol. The molecule has 2 heterocycles. The Morgan fingerprint density at radius 1 is 0.724 bits per heavy atom. The molecule has 0 aliphatic carbocycles. The normalized spacial score (nSPS) is 17.1. The van der Waals surface area contributed by atoms with Crippen LogP contribution in [-0.2, 0) is 0 Å². The zero-order valence-corrected chi connectivity index (χ0v) is 17.1. The van der Waals surface area contributed by atoms with E-state index in [1.165, 1.54) is 16.2 Å². The summed E-state index contributed by atoms with van der Waals surface area (Å²) in [6.45, 7) is 8.10. The highest BCUT2D eigenvalue weighted by atomic mass is 16.2. The molecule has 0 radical (unpaired) electrons. The Labute approximate surface area is 172 Å². The molecule has 1 fully saturated rings. The molecule has 4 rings (SSSR count). The number of carbonyl (C=O) groups is 2. The van der Waals surface area contributed by atoms with E-state index >= 15 is 0 Å². The summed E-state index contributed by atoms with van der Waals surface area (Å²) in [5.74, 6) is -0.282. The van der Waals surface area contributed by atoms with E-state index in [0.29, 0.717) is 17.7 Å². The van der Waals surface area contributed by atoms with Crippen LogP contribution in [0.5, 0.6) is 0 Å². The molecule has 1 saturated heterocycles. The number of hydrogen-bond acceptors (Lipinski definition) is 4. The highest BCUT2D eigenvalue weighted by Crippen LogP contribution is 2.23. The van der Waals surface area contributed by atoms with Gasteiger partial charge in [-0.05, 0) is 50.1 Å². The second-order valence-electron chi connectivity index (χ2n) is 7.98. The van der Waals surface area contributed by atoms with Crippen molar-refractivity contribution in [2.75, 3.05) is 44.2 Å². The van der Waals surface area contributed by atoms with Crippen molar-refractivity contribution < 1.29 is 9.59 Å². The molecule has 2 aromatic carbocycles. The molecule has 2 aliphatic rings. The second kappa shape index (κ2) is 8.78. The Morgan fingerprint density at radius 3 is 1.97 bits per heavy atom. The average molecular weight is 392 g/mol. The number of aryl methyl sites for hydroxylation is 1. The summed E-state index contributed by atoms with van der Waals surface area (Å²) in [6, 6.07) is 15.7. The molecule has 0 unspecified atom stereocenters. The first-order chi connectivity index (χ1) is 14.1. The lowest BCUT2D eigenvalue weighted by atomic mass is 10.1. The van der Waals surface area contributed by atoms with Crippen LogP contribution in [0.3, 0.4) is 0 Å². The van der Waals surface area contributed by atoms with E-state index in [-0.39, 0.29) is 11.8 Å². The molecule has 0 spiro atoms. The molecule has 0 N–H and O–H groups in total. The summed E-state index contributed by atoms with van der Waals surface area (Å²) < 4.78 is 0. The van der Waals surface area contributed by atoms with Crippen LogP contribution in [-0.4, -0.2) is 60.9 Å². The van der Waals surface area contributed by atoms with Crippen LogP contribution in [0, 0.1) is 6.92 Å². The van der Waals surface area contributed by atoms with Crippen molar-refractivity contribution in [3.05, 3.63) is 65.2 Å². The van der Waals surface area contributed by atoms with Gasteiger partial charge in [-0.25, -0.2) is 0 Å². The van der Waals surface area contributed by atoms with Gasteiger partial charge in [-0.2, -0.15) is 0 Å². The fourth-order valence-corrected chi connectivity index (χ4v) is 4.35. The van der Waals surface area contributed by atoms with Crippen molar-refractivity contribution in [3.8, 4) is 0 Å². The number of carbonyl (C=O) groups excluding carboxylic acids is 2. The number of rotatable bonds is 7. The first-order valence-corrected chi connectivity index (χ1v) is 10.6. The van der Waals surface area contributed by atoms with Crippen LogP contribution in [0.25, 0.3) is 0 Å². The molecule has 0 saturated carbocycles. The number of nitrogens with zero attached hydrogens (tertiary/aromatic N) is 3. The van der Waals surface area contributed by atoms with Gasteiger partial charge in [-0.3, -0.25) is 19.4 Å². The van der Waals surface area contributed by atoms with Crippen molar-refractivity contribution in [2.24, 2.45) is 0 Å². The highest BCUT2D eigenvalue weighted by Gasteiger charge is 2.34. The number of anilines is 1. The van der Waals surface area contributed by atoms with Gasteiger partial charge < -0.3 is 4.90 Å². The summed E-state index contributed by atoms with van der Waals surface area (Å²) in [5.41, 5.74) is 3.79. The predicted molar refractivity (Wildman–Crippen MR) is 115 cm³/mol. The van der Waals surface area contributed by atoms with E-state index in [4.69, 9.17) is 0 Å². The minimum absolute atomic E-state index is 0.141. The number of fused-ring (bicyclic) bond motifs is 1. The molecule has 2 aliphatic heterocycles. The minimum atomic E-state index is -0.141. The smallest absolute Gasteiger partial charge is 0.261 e. The van der Waals surface area contributed by atoms with Gasteiger partial charge in [-0.1, -0.05) is 36.8 Å². The number of piperazine rings is 1. The first kappa shape index (κ1) is 19.6. The molecular formula is C24H29N3O2. The van der Waals surface area contributed by atoms with Crippen molar-refractivity contribution in [3.63, 3.8) is 0 Å². The van der Waals surface area contributed by atoms with Crippen molar-refractivity contribution in [2.45, 2.75) is 26.2 Å². The average Bonchev–Trinajstić information content (AvgIpc) is 2.99. The number of para-hydroxylation sites is 1. The van der Waals surface area contributed by atoms with Gasteiger partial charge in [0.05, 0.1) is 11.1 Å². The second-order valence-corrected chi connectivity index (χ2v) is 7.98. The summed E-state index contributed by atoms with van der Waals surface area (Å²) in [7, 11) is 0. The van der Waals surface area contributed by atoms with Crippen LogP contribution < -0.4 is 4.90 Å². The summed E-state index contributed by atoms with van der Waals surface area (Å²) in [5, 5.41) is 0. The third-order valence-corrected chi connectivity index (χ3v) is 6.06. The van der Waals surface area contributed by atoms with Gasteiger partial charge in [0.1, 0.15) is 0 Å². The van der Waals surface area contributed by atoms with E-state index < -0.39 is 0 Å². The van der Waals surface area contributed by atoms with Gasteiger partial charge in [-0.15, -0.1) is 0 Å². The topological polar surface area (TPSA) is 43.9 Å². The lowest BCUT2D eigenvalue weighted by Crippen LogP contribution is -2.46. The molecule has 5 heteroatoms. The molecule has 0 bridgehead atoms. The van der Waals surface area contributed by atoms with Gasteiger partial charge in [0.15, 0.2) is 0 Å². The lowest BCUT2D eigenvalue weighted by molar-refractivity contribution is 0.0651. The van der Waals surface area contributed by atoms with E-state index in [0.717, 1.165) is 52.0 Å². The largest absolute Gasteiger partial charge is 0.369 e. The number of imide groups is 1. The van der Waals surface area contributed by atoms with Crippen LogP contribution in [0.4, 0.5) is 5.69 Å². The van der Waals surface area contributed by atoms with Crippen LogP contribution in [0.1, 0.15) is 45.5 Å². The Kier molecular flexibility index (Phi) is 5.95. The Bertz CT molecular complexity index is 852. The molecule has 0 atom stereocenters. The number of amides is 2. The van der Waals surface area contributed by atoms with Crippen molar-refractivity contribution in [1.29, 1.82) is 0 Å². The number of benzene rings is 2. The zero-order valence-electron chi connectivity index (χ0n) is 17.1. The maximum atomic E-state index is 12.4. The van der Waals surface area contributed by atoms with Crippen LogP contribution in [0.2, 0.25) is 0 Å². The SMILES string of the molecule is Cc1ccccc1N1CCN(CCCCCN2C(=O)c3ccccc3C2=O)CC1. The summed E-state index contributed by atoms with van der Waals surface area (Å²) in [6.07, 6.45) is 3.01. The monoisotopic (exact) mass is 391 g/mol. The Morgan fingerprint density at radius 2 is 1.31 bits per heavy atom. The molecule has 5 nitrogen and oxygen atoms in total. The third kappa shape index (κ3) is 4.20. The van der Waals surface area contributed by atoms with E-state index in [2.05, 4.69) is 41.0 Å². The van der Waals surface area contributed by atoms with E-state index in [9.17, 15) is 9.59 Å². The van der Waals surface area contributed by atoms with Crippen molar-refractivity contribution >= 4 is 17.5 Å². The van der Waals surface area contributed by atoms with E-state index in [1.807, 2.05) is 12.1 Å². The molecule has 0 aromatic heterocycles. The first-order valence-electron chi connectivity index (χ1n) is 10.6. The maximum Gasteiger partial charge on any atom is 0.261 e. The van der Waals surface area contributed by atoms with Crippen LogP contribution in [0.15, 0.2) is 48.5 Å². The molecule has 29 heavy (non-hydrogen) atoms. The summed E-state index contributed by atoms with van der Waals surface area (Å²) >= 11 is 0.